The summed E-state index contributed by atoms with van der Waals surface area (Å²) in [6.45, 7) is 0. The molecule has 0 aromatic heterocycles. The fourth-order valence-electron chi connectivity index (χ4n) is 5.49. The maximum atomic E-state index is 14.6. The Balaban J connectivity index is 1.58. The van der Waals surface area contributed by atoms with E-state index >= 15 is 0 Å². The Kier molecular flexibility index (Phi) is 5.89. The van der Waals surface area contributed by atoms with Crippen molar-refractivity contribution in [3.63, 3.8) is 0 Å². The zero-order valence-electron chi connectivity index (χ0n) is 20.1. The summed E-state index contributed by atoms with van der Waals surface area (Å²) in [6, 6.07) is 32.0. The van der Waals surface area contributed by atoms with Crippen LogP contribution in [0.15, 0.2) is 120 Å². The minimum absolute atomic E-state index is 0.0108. The number of nitrogens with zero attached hydrogens (tertiary/aromatic N) is 1. The molecule has 182 valence electrons. The molecule has 2 atom stereocenters. The van der Waals surface area contributed by atoms with Crippen molar-refractivity contribution in [3.8, 4) is 0 Å². The SMILES string of the molecule is O=C1C[C@@H](c2ccccc2)CC2=C1[C@@H](c1cccc(F)c1)N(C(=O)c1ccccc1)c1ccccc1N2. The van der Waals surface area contributed by atoms with E-state index in [0.29, 0.717) is 35.2 Å². The molecule has 1 N–H and O–H groups in total. The molecule has 4 aromatic carbocycles. The lowest BCUT2D eigenvalue weighted by atomic mass is 9.78. The van der Waals surface area contributed by atoms with Gasteiger partial charge in [-0.05, 0) is 59.9 Å². The highest BCUT2D eigenvalue weighted by Gasteiger charge is 2.41. The number of benzene rings is 4. The van der Waals surface area contributed by atoms with Crippen molar-refractivity contribution in [2.45, 2.75) is 24.8 Å². The molecule has 4 nitrogen and oxygen atoms in total. The lowest BCUT2D eigenvalue weighted by molar-refractivity contribution is -0.116. The van der Waals surface area contributed by atoms with Crippen molar-refractivity contribution in [2.24, 2.45) is 0 Å². The molecule has 0 fully saturated rings. The zero-order chi connectivity index (χ0) is 25.4. The number of Topliss-reactive ketones (excluding diaryl/α,β-unsaturated/α-hetero) is 1. The number of carbonyl (C=O) groups excluding carboxylic acids is 2. The van der Waals surface area contributed by atoms with Gasteiger partial charge in [-0.3, -0.25) is 14.5 Å². The van der Waals surface area contributed by atoms with Crippen LogP contribution in [-0.4, -0.2) is 11.7 Å². The Morgan fingerprint density at radius 3 is 2.22 bits per heavy atom. The van der Waals surface area contributed by atoms with Crippen LogP contribution in [0, 0.1) is 5.82 Å². The van der Waals surface area contributed by atoms with E-state index in [-0.39, 0.29) is 17.6 Å². The number of fused-ring (bicyclic) bond motifs is 1. The van der Waals surface area contributed by atoms with E-state index in [1.165, 1.54) is 12.1 Å². The standard InChI is InChI=1S/C32H25FN2O2/c33-25-15-9-14-23(18-25)31-30-27(19-24(20-29(30)36)21-10-3-1-4-11-21)34-26-16-7-8-17-28(26)35(31)32(37)22-12-5-2-6-13-22/h1-18,24,31,34H,19-20H2/t24-,31+/m0/s1. The van der Waals surface area contributed by atoms with E-state index in [9.17, 15) is 14.0 Å². The highest BCUT2D eigenvalue weighted by Crippen LogP contribution is 2.47. The van der Waals surface area contributed by atoms with Crippen LogP contribution in [0.4, 0.5) is 15.8 Å². The number of anilines is 2. The third-order valence-corrected chi connectivity index (χ3v) is 7.16. The molecular weight excluding hydrogens is 463 g/mol. The van der Waals surface area contributed by atoms with Crippen LogP contribution in [0.3, 0.4) is 0 Å². The molecule has 1 aliphatic heterocycles. The number of carbonyl (C=O) groups is 2. The molecule has 0 saturated heterocycles. The summed E-state index contributed by atoms with van der Waals surface area (Å²) in [5, 5.41) is 3.51. The molecule has 37 heavy (non-hydrogen) atoms. The molecular formula is C32H25FN2O2. The van der Waals surface area contributed by atoms with Crippen molar-refractivity contribution in [2.75, 3.05) is 10.2 Å². The quantitative estimate of drug-likeness (QED) is 0.336. The van der Waals surface area contributed by atoms with Crippen LogP contribution in [0.2, 0.25) is 0 Å². The Hall–Kier alpha value is -4.51. The van der Waals surface area contributed by atoms with Gasteiger partial charge in [0.25, 0.3) is 5.91 Å². The predicted molar refractivity (Wildman–Crippen MR) is 143 cm³/mol. The first kappa shape index (κ1) is 22.9. The summed E-state index contributed by atoms with van der Waals surface area (Å²) in [5.74, 6) is -0.703. The summed E-state index contributed by atoms with van der Waals surface area (Å²) < 4.78 is 14.6. The van der Waals surface area contributed by atoms with E-state index in [2.05, 4.69) is 5.32 Å². The predicted octanol–water partition coefficient (Wildman–Crippen LogP) is 7.04. The first-order valence-electron chi connectivity index (χ1n) is 12.4. The minimum Gasteiger partial charge on any atom is -0.357 e. The van der Waals surface area contributed by atoms with Gasteiger partial charge in [0.1, 0.15) is 5.82 Å². The minimum atomic E-state index is -0.779. The number of hydrogen-bond donors (Lipinski definition) is 1. The Labute approximate surface area is 215 Å². The van der Waals surface area contributed by atoms with Crippen LogP contribution in [0.25, 0.3) is 0 Å². The Morgan fingerprint density at radius 1 is 0.784 bits per heavy atom. The smallest absolute Gasteiger partial charge is 0.259 e. The first-order valence-corrected chi connectivity index (χ1v) is 12.4. The molecule has 0 unspecified atom stereocenters. The molecule has 0 radical (unpaired) electrons. The summed E-state index contributed by atoms with van der Waals surface area (Å²) in [4.78, 5) is 29.7. The third-order valence-electron chi connectivity index (χ3n) is 7.16. The van der Waals surface area contributed by atoms with Gasteiger partial charge in [-0.1, -0.05) is 72.8 Å². The monoisotopic (exact) mass is 488 g/mol. The number of rotatable bonds is 3. The van der Waals surface area contributed by atoms with Crippen molar-refractivity contribution < 1.29 is 14.0 Å². The molecule has 5 heteroatoms. The fraction of sp³-hybridized carbons (Fsp3) is 0.125. The number of nitrogens with one attached hydrogen (secondary N) is 1. The molecule has 0 bridgehead atoms. The van der Waals surface area contributed by atoms with Crippen LogP contribution in [0.5, 0.6) is 0 Å². The van der Waals surface area contributed by atoms with E-state index in [1.807, 2.05) is 72.8 Å². The lowest BCUT2D eigenvalue weighted by Crippen LogP contribution is -2.38. The Morgan fingerprint density at radius 2 is 1.46 bits per heavy atom. The van der Waals surface area contributed by atoms with Gasteiger partial charge in [0.05, 0.1) is 17.4 Å². The van der Waals surface area contributed by atoms with Gasteiger partial charge in [-0.25, -0.2) is 4.39 Å². The molecule has 1 heterocycles. The average molecular weight is 489 g/mol. The van der Waals surface area contributed by atoms with Gasteiger partial charge in [-0.2, -0.15) is 0 Å². The number of hydrogen-bond acceptors (Lipinski definition) is 3. The van der Waals surface area contributed by atoms with Crippen molar-refractivity contribution in [3.05, 3.63) is 143 Å². The molecule has 6 rings (SSSR count). The maximum absolute atomic E-state index is 14.6. The number of para-hydroxylation sites is 2. The number of amides is 1. The normalized spacial score (nSPS) is 18.9. The van der Waals surface area contributed by atoms with Crippen LogP contribution >= 0.6 is 0 Å². The van der Waals surface area contributed by atoms with E-state index in [4.69, 9.17) is 0 Å². The zero-order valence-corrected chi connectivity index (χ0v) is 20.1. The van der Waals surface area contributed by atoms with Gasteiger partial charge in [0.15, 0.2) is 5.78 Å². The van der Waals surface area contributed by atoms with Crippen LogP contribution in [0.1, 0.15) is 46.3 Å². The average Bonchev–Trinajstić information content (AvgIpc) is 3.08. The molecule has 0 saturated carbocycles. The van der Waals surface area contributed by atoms with Crippen molar-refractivity contribution >= 4 is 23.1 Å². The number of allylic oxidation sites excluding steroid dienone is 1. The van der Waals surface area contributed by atoms with Gasteiger partial charge >= 0.3 is 0 Å². The van der Waals surface area contributed by atoms with Crippen LogP contribution < -0.4 is 10.2 Å². The summed E-state index contributed by atoms with van der Waals surface area (Å²) >= 11 is 0. The summed E-state index contributed by atoms with van der Waals surface area (Å²) in [6.07, 6.45) is 0.929. The second-order valence-corrected chi connectivity index (χ2v) is 9.47. The second kappa shape index (κ2) is 9.51. The second-order valence-electron chi connectivity index (χ2n) is 9.47. The molecule has 0 spiro atoms. The van der Waals surface area contributed by atoms with Crippen molar-refractivity contribution in [1.29, 1.82) is 0 Å². The fourth-order valence-corrected chi connectivity index (χ4v) is 5.49. The first-order chi connectivity index (χ1) is 18.1. The van der Waals surface area contributed by atoms with Crippen molar-refractivity contribution in [1.82, 2.24) is 0 Å². The van der Waals surface area contributed by atoms with Gasteiger partial charge in [-0.15, -0.1) is 0 Å². The van der Waals surface area contributed by atoms with E-state index in [0.717, 1.165) is 16.9 Å². The van der Waals surface area contributed by atoms with Gasteiger partial charge < -0.3 is 5.32 Å². The maximum Gasteiger partial charge on any atom is 0.259 e. The molecule has 2 aliphatic rings. The summed E-state index contributed by atoms with van der Waals surface area (Å²) in [5.41, 5.74) is 4.81. The molecule has 1 amide bonds. The largest absolute Gasteiger partial charge is 0.357 e. The third kappa shape index (κ3) is 4.23. The van der Waals surface area contributed by atoms with Gasteiger partial charge in [0, 0.05) is 23.3 Å². The lowest BCUT2D eigenvalue weighted by Gasteiger charge is -2.35. The van der Waals surface area contributed by atoms with Crippen LogP contribution in [-0.2, 0) is 4.79 Å². The van der Waals surface area contributed by atoms with E-state index in [1.54, 1.807) is 29.2 Å². The molecule has 1 aliphatic carbocycles. The topological polar surface area (TPSA) is 49.4 Å². The highest BCUT2D eigenvalue weighted by molar-refractivity contribution is 6.12. The molecule has 4 aromatic rings. The highest BCUT2D eigenvalue weighted by atomic mass is 19.1. The number of halogens is 1. The van der Waals surface area contributed by atoms with Gasteiger partial charge in [0.2, 0.25) is 0 Å². The van der Waals surface area contributed by atoms with E-state index < -0.39 is 11.9 Å². The Bertz CT molecular complexity index is 1510. The number of ketones is 1. The summed E-state index contributed by atoms with van der Waals surface area (Å²) in [7, 11) is 0.